The molecule has 0 aliphatic heterocycles. The fourth-order valence-electron chi connectivity index (χ4n) is 1.26. The second-order valence-electron chi connectivity index (χ2n) is 3.87. The average molecular weight is 261 g/mol. The van der Waals surface area contributed by atoms with Crippen LogP contribution in [-0.4, -0.2) is 48.8 Å². The fraction of sp³-hybridized carbons (Fsp3) is 0.700. The molecular weight excluding hydrogens is 242 g/mol. The number of carbonyl (C=O) groups is 3. The van der Waals surface area contributed by atoms with E-state index in [9.17, 15) is 14.4 Å². The van der Waals surface area contributed by atoms with Gasteiger partial charge in [-0.3, -0.25) is 4.79 Å². The van der Waals surface area contributed by atoms with E-state index in [0.29, 0.717) is 6.61 Å². The normalized spacial score (nSPS) is 13.4. The number of carboxylic acid groups (broad SMARTS) is 1. The minimum atomic E-state index is -1.22. The van der Waals surface area contributed by atoms with E-state index in [0.717, 1.165) is 0 Å². The summed E-state index contributed by atoms with van der Waals surface area (Å²) in [6, 6.07) is -2.02. The van der Waals surface area contributed by atoms with Crippen LogP contribution in [0.25, 0.3) is 0 Å². The van der Waals surface area contributed by atoms with Gasteiger partial charge in [0.15, 0.2) is 0 Å². The Hall–Kier alpha value is -1.83. The molecule has 0 aromatic heterocycles. The lowest BCUT2D eigenvalue weighted by molar-refractivity contribution is -0.139. The van der Waals surface area contributed by atoms with Gasteiger partial charge in [-0.25, -0.2) is 9.59 Å². The van der Waals surface area contributed by atoms with Gasteiger partial charge >= 0.3 is 12.0 Å². The lowest BCUT2D eigenvalue weighted by Gasteiger charge is -2.17. The second-order valence-corrected chi connectivity index (χ2v) is 3.87. The highest BCUT2D eigenvalue weighted by atomic mass is 16.5. The van der Waals surface area contributed by atoms with Crippen LogP contribution in [0.4, 0.5) is 4.79 Å². The number of nitrogens with one attached hydrogen (secondary N) is 2. The molecule has 0 aliphatic rings. The zero-order valence-electron chi connectivity index (χ0n) is 10.4. The molecule has 1 unspecified atom stereocenters. The Balaban J connectivity index is 4.19. The van der Waals surface area contributed by atoms with E-state index in [2.05, 4.69) is 10.6 Å². The number of methoxy groups -OCH3 is 1. The molecule has 0 radical (unpaired) electrons. The molecule has 0 saturated heterocycles. The number of urea groups is 1. The summed E-state index contributed by atoms with van der Waals surface area (Å²) >= 11 is 0. The van der Waals surface area contributed by atoms with E-state index in [1.165, 1.54) is 7.11 Å². The van der Waals surface area contributed by atoms with Gasteiger partial charge in [0, 0.05) is 13.5 Å². The van der Waals surface area contributed by atoms with Gasteiger partial charge in [0.2, 0.25) is 5.91 Å². The molecule has 104 valence electrons. The van der Waals surface area contributed by atoms with Crippen molar-refractivity contribution in [1.29, 1.82) is 0 Å². The van der Waals surface area contributed by atoms with Gasteiger partial charge in [0.1, 0.15) is 6.04 Å². The quantitative estimate of drug-likeness (QED) is 0.447. The van der Waals surface area contributed by atoms with Gasteiger partial charge < -0.3 is 26.2 Å². The molecule has 0 fully saturated rings. The van der Waals surface area contributed by atoms with Crippen molar-refractivity contribution in [3.63, 3.8) is 0 Å². The largest absolute Gasteiger partial charge is 0.480 e. The number of carbonyl (C=O) groups excluding carboxylic acids is 2. The molecule has 8 heteroatoms. The van der Waals surface area contributed by atoms with Crippen molar-refractivity contribution < 1.29 is 24.2 Å². The average Bonchev–Trinajstić information content (AvgIpc) is 2.23. The van der Waals surface area contributed by atoms with Crippen molar-refractivity contribution in [1.82, 2.24) is 10.6 Å². The Labute approximate surface area is 105 Å². The standard InChI is InChI=1S/C10H19N3O5/c1-6(5-18-2)12-10(17)13-7(9(15)16)3-4-8(11)14/h6-7H,3-5H2,1-2H3,(H2,11,14)(H,15,16)(H2,12,13,17)/t6?,7-/m1/s1. The van der Waals surface area contributed by atoms with Gasteiger partial charge in [-0.2, -0.15) is 0 Å². The first kappa shape index (κ1) is 16.2. The molecule has 0 heterocycles. The first-order valence-corrected chi connectivity index (χ1v) is 5.44. The summed E-state index contributed by atoms with van der Waals surface area (Å²) in [5, 5.41) is 13.6. The number of carboxylic acids is 1. The van der Waals surface area contributed by atoms with Crippen molar-refractivity contribution in [2.75, 3.05) is 13.7 Å². The van der Waals surface area contributed by atoms with Crippen LogP contribution in [-0.2, 0) is 14.3 Å². The van der Waals surface area contributed by atoms with E-state index in [4.69, 9.17) is 15.6 Å². The van der Waals surface area contributed by atoms with E-state index in [1.54, 1.807) is 6.92 Å². The van der Waals surface area contributed by atoms with E-state index < -0.39 is 23.9 Å². The maximum Gasteiger partial charge on any atom is 0.326 e. The monoisotopic (exact) mass is 261 g/mol. The molecule has 0 rings (SSSR count). The Kier molecular flexibility index (Phi) is 7.45. The third-order valence-electron chi connectivity index (χ3n) is 2.08. The first-order chi connectivity index (χ1) is 8.36. The summed E-state index contributed by atoms with van der Waals surface area (Å²) < 4.78 is 4.82. The Bertz CT molecular complexity index is 308. The SMILES string of the molecule is COCC(C)NC(=O)N[C@H](CCC(N)=O)C(=O)O. The number of hydrogen-bond donors (Lipinski definition) is 4. The maximum absolute atomic E-state index is 11.4. The molecule has 18 heavy (non-hydrogen) atoms. The predicted octanol–water partition coefficient (Wildman–Crippen LogP) is -0.961. The minimum Gasteiger partial charge on any atom is -0.480 e. The van der Waals surface area contributed by atoms with Crippen LogP contribution in [0.5, 0.6) is 0 Å². The fourth-order valence-corrected chi connectivity index (χ4v) is 1.26. The molecule has 3 amide bonds. The second kappa shape index (κ2) is 8.29. The van der Waals surface area contributed by atoms with E-state index >= 15 is 0 Å². The molecule has 0 saturated carbocycles. The van der Waals surface area contributed by atoms with Crippen LogP contribution in [0.2, 0.25) is 0 Å². The van der Waals surface area contributed by atoms with Crippen LogP contribution in [0.15, 0.2) is 0 Å². The third-order valence-corrected chi connectivity index (χ3v) is 2.08. The highest BCUT2D eigenvalue weighted by Gasteiger charge is 2.20. The minimum absolute atomic E-state index is 0.0449. The Morgan fingerprint density at radius 1 is 1.33 bits per heavy atom. The highest BCUT2D eigenvalue weighted by Crippen LogP contribution is 1.97. The van der Waals surface area contributed by atoms with Gasteiger partial charge in [0.05, 0.1) is 12.6 Å². The van der Waals surface area contributed by atoms with Gasteiger partial charge in [0.25, 0.3) is 0 Å². The van der Waals surface area contributed by atoms with Gasteiger partial charge in [-0.05, 0) is 13.3 Å². The number of primary amides is 1. The predicted molar refractivity (Wildman–Crippen MR) is 62.9 cm³/mol. The summed E-state index contributed by atoms with van der Waals surface area (Å²) in [5.74, 6) is -1.83. The zero-order valence-corrected chi connectivity index (χ0v) is 10.4. The molecule has 0 bridgehead atoms. The number of aliphatic carboxylic acids is 1. The van der Waals surface area contributed by atoms with Crippen molar-refractivity contribution in [3.8, 4) is 0 Å². The molecule has 8 nitrogen and oxygen atoms in total. The van der Waals surface area contributed by atoms with Crippen LogP contribution >= 0.6 is 0 Å². The summed E-state index contributed by atoms with van der Waals surface area (Å²) in [7, 11) is 1.49. The molecular formula is C10H19N3O5. The number of nitrogens with two attached hydrogens (primary N) is 1. The lowest BCUT2D eigenvalue weighted by Crippen LogP contribution is -2.49. The van der Waals surface area contributed by atoms with Crippen LogP contribution in [0.1, 0.15) is 19.8 Å². The smallest absolute Gasteiger partial charge is 0.326 e. The molecule has 0 aromatic carbocycles. The van der Waals surface area contributed by atoms with E-state index in [1.807, 2.05) is 0 Å². The molecule has 0 aliphatic carbocycles. The first-order valence-electron chi connectivity index (χ1n) is 5.44. The van der Waals surface area contributed by atoms with Crippen LogP contribution in [0.3, 0.4) is 0 Å². The topological polar surface area (TPSA) is 131 Å². The summed E-state index contributed by atoms with van der Waals surface area (Å²) in [6.45, 7) is 2.02. The number of ether oxygens (including phenoxy) is 1. The summed E-state index contributed by atoms with van der Waals surface area (Å²) in [5.41, 5.74) is 4.92. The van der Waals surface area contributed by atoms with Crippen molar-refractivity contribution >= 4 is 17.9 Å². The number of hydrogen-bond acceptors (Lipinski definition) is 4. The molecule has 2 atom stereocenters. The Morgan fingerprint density at radius 2 is 1.94 bits per heavy atom. The number of rotatable bonds is 8. The lowest BCUT2D eigenvalue weighted by atomic mass is 10.1. The Morgan fingerprint density at radius 3 is 2.39 bits per heavy atom. The number of amides is 3. The third kappa shape index (κ3) is 7.44. The molecule has 0 aromatic rings. The van der Waals surface area contributed by atoms with Crippen LogP contribution in [0, 0.1) is 0 Å². The zero-order chi connectivity index (χ0) is 14.1. The van der Waals surface area contributed by atoms with Crippen molar-refractivity contribution in [3.05, 3.63) is 0 Å². The molecule has 5 N–H and O–H groups in total. The summed E-state index contributed by atoms with van der Waals surface area (Å²) in [4.78, 5) is 32.8. The summed E-state index contributed by atoms with van der Waals surface area (Å²) in [6.07, 6.45) is -0.151. The van der Waals surface area contributed by atoms with Crippen molar-refractivity contribution in [2.24, 2.45) is 5.73 Å². The van der Waals surface area contributed by atoms with Crippen LogP contribution < -0.4 is 16.4 Å². The van der Waals surface area contributed by atoms with Gasteiger partial charge in [-0.15, -0.1) is 0 Å². The van der Waals surface area contributed by atoms with Gasteiger partial charge in [-0.1, -0.05) is 0 Å². The van der Waals surface area contributed by atoms with E-state index in [-0.39, 0.29) is 18.9 Å². The van der Waals surface area contributed by atoms with Crippen molar-refractivity contribution in [2.45, 2.75) is 31.8 Å². The highest BCUT2D eigenvalue weighted by molar-refractivity contribution is 5.83. The molecule has 0 spiro atoms. The maximum atomic E-state index is 11.4.